The summed E-state index contributed by atoms with van der Waals surface area (Å²) in [4.78, 5) is 15.2. The fraction of sp³-hybridized carbons (Fsp3) is 0.412. The Morgan fingerprint density at radius 1 is 1.40 bits per heavy atom. The lowest BCUT2D eigenvalue weighted by Gasteiger charge is -2.27. The zero-order valence-electron chi connectivity index (χ0n) is 14.3. The summed E-state index contributed by atoms with van der Waals surface area (Å²) < 4.78 is 15.9. The lowest BCUT2D eigenvalue weighted by atomic mass is 10.1. The number of urea groups is 1. The Labute approximate surface area is 151 Å². The van der Waals surface area contributed by atoms with E-state index in [0.717, 1.165) is 24.5 Å². The number of aromatic nitrogens is 2. The van der Waals surface area contributed by atoms with Crippen molar-refractivity contribution in [2.24, 2.45) is 0 Å². The van der Waals surface area contributed by atoms with Crippen LogP contribution >= 0.6 is 11.6 Å². The number of hydrogen-bond acceptors (Lipinski definition) is 3. The smallest absolute Gasteiger partial charge is 0.317 e. The molecule has 0 aliphatic carbocycles. The maximum absolute atomic E-state index is 14.0. The molecule has 0 bridgehead atoms. The highest BCUT2D eigenvalue weighted by Crippen LogP contribution is 2.23. The van der Waals surface area contributed by atoms with Gasteiger partial charge in [-0.25, -0.2) is 9.18 Å². The summed E-state index contributed by atoms with van der Waals surface area (Å²) in [6.07, 6.45) is 0. The van der Waals surface area contributed by atoms with Gasteiger partial charge in [-0.3, -0.25) is 9.58 Å². The highest BCUT2D eigenvalue weighted by atomic mass is 35.5. The van der Waals surface area contributed by atoms with Crippen LogP contribution in [0.2, 0.25) is 5.02 Å². The van der Waals surface area contributed by atoms with E-state index in [-0.39, 0.29) is 11.8 Å². The number of carbonyl (C=O) groups is 1. The average Bonchev–Trinajstić information content (AvgIpc) is 2.98. The molecule has 0 saturated carbocycles. The van der Waals surface area contributed by atoms with Gasteiger partial charge in [0, 0.05) is 44.3 Å². The molecule has 0 radical (unpaired) electrons. The van der Waals surface area contributed by atoms with Crippen molar-refractivity contribution in [3.63, 3.8) is 0 Å². The number of benzene rings is 1. The summed E-state index contributed by atoms with van der Waals surface area (Å²) in [5, 5.41) is 7.77. The summed E-state index contributed by atoms with van der Waals surface area (Å²) in [5.41, 5.74) is 2.39. The average molecular weight is 366 g/mol. The summed E-state index contributed by atoms with van der Waals surface area (Å²) in [7, 11) is 3.39. The summed E-state index contributed by atoms with van der Waals surface area (Å²) in [5.74, 6) is -0.279. The quantitative estimate of drug-likeness (QED) is 0.905. The number of carbonyl (C=O) groups excluding carboxylic acids is 1. The summed E-state index contributed by atoms with van der Waals surface area (Å²) >= 11 is 6.12. The largest absolute Gasteiger partial charge is 0.332 e. The first-order chi connectivity index (χ1) is 11.9. The Morgan fingerprint density at radius 3 is 2.92 bits per heavy atom. The highest BCUT2D eigenvalue weighted by molar-refractivity contribution is 6.31. The van der Waals surface area contributed by atoms with Gasteiger partial charge in [-0.05, 0) is 18.2 Å². The molecule has 0 fully saturated rings. The van der Waals surface area contributed by atoms with Crippen LogP contribution in [0.3, 0.4) is 0 Å². The predicted molar refractivity (Wildman–Crippen MR) is 93.7 cm³/mol. The standard InChI is InChI=1S/C17H21ClFN5O/c1-22(2)17(25)20-9-12-8-13-10-23(6-7-24(13)21-12)11-14-15(18)4-3-5-16(14)19/h3-5,8H,6-7,9-11H2,1-2H3,(H,20,25). The van der Waals surface area contributed by atoms with Crippen molar-refractivity contribution in [2.45, 2.75) is 26.2 Å². The third-order valence-electron chi connectivity index (χ3n) is 4.20. The third kappa shape index (κ3) is 4.11. The molecule has 6 nitrogen and oxygen atoms in total. The van der Waals surface area contributed by atoms with Crippen molar-refractivity contribution in [3.05, 3.63) is 52.1 Å². The number of nitrogens with one attached hydrogen (secondary N) is 1. The van der Waals surface area contributed by atoms with Crippen LogP contribution in [0.5, 0.6) is 0 Å². The SMILES string of the molecule is CN(C)C(=O)NCc1cc2n(n1)CCN(Cc1c(F)cccc1Cl)C2. The number of amides is 2. The van der Waals surface area contributed by atoms with Crippen LogP contribution < -0.4 is 5.32 Å². The molecule has 1 aromatic heterocycles. The molecule has 2 heterocycles. The van der Waals surface area contributed by atoms with Crippen LogP contribution in [0.4, 0.5) is 9.18 Å². The topological polar surface area (TPSA) is 53.4 Å². The minimum absolute atomic E-state index is 0.151. The first-order valence-corrected chi connectivity index (χ1v) is 8.48. The van der Waals surface area contributed by atoms with Crippen molar-refractivity contribution in [1.29, 1.82) is 0 Å². The molecule has 0 spiro atoms. The van der Waals surface area contributed by atoms with Gasteiger partial charge in [-0.2, -0.15) is 5.10 Å². The minimum Gasteiger partial charge on any atom is -0.332 e. The van der Waals surface area contributed by atoms with Crippen LogP contribution in [-0.2, 0) is 26.2 Å². The van der Waals surface area contributed by atoms with E-state index in [1.54, 1.807) is 26.2 Å². The fourth-order valence-corrected chi connectivity index (χ4v) is 3.06. The molecule has 134 valence electrons. The Bertz CT molecular complexity index is 756. The van der Waals surface area contributed by atoms with Crippen molar-refractivity contribution in [2.75, 3.05) is 20.6 Å². The van der Waals surface area contributed by atoms with E-state index < -0.39 is 0 Å². The highest BCUT2D eigenvalue weighted by Gasteiger charge is 2.20. The molecular formula is C17H21ClFN5O. The van der Waals surface area contributed by atoms with Crippen LogP contribution in [0.1, 0.15) is 17.0 Å². The van der Waals surface area contributed by atoms with Gasteiger partial charge in [0.2, 0.25) is 0 Å². The Morgan fingerprint density at radius 2 is 2.20 bits per heavy atom. The number of fused-ring (bicyclic) bond motifs is 1. The molecule has 2 aromatic rings. The Hall–Kier alpha value is -2.12. The van der Waals surface area contributed by atoms with E-state index >= 15 is 0 Å². The third-order valence-corrected chi connectivity index (χ3v) is 4.55. The van der Waals surface area contributed by atoms with Gasteiger partial charge < -0.3 is 10.2 Å². The molecule has 1 aliphatic heterocycles. The zero-order chi connectivity index (χ0) is 18.0. The molecule has 0 unspecified atom stereocenters. The predicted octanol–water partition coefficient (Wildman–Crippen LogP) is 2.46. The van der Waals surface area contributed by atoms with Gasteiger partial charge in [0.15, 0.2) is 0 Å². The van der Waals surface area contributed by atoms with Gasteiger partial charge in [0.1, 0.15) is 5.82 Å². The van der Waals surface area contributed by atoms with Gasteiger partial charge >= 0.3 is 6.03 Å². The molecule has 1 aliphatic rings. The molecule has 0 saturated heterocycles. The molecule has 1 aromatic carbocycles. The normalized spacial score (nSPS) is 14.2. The summed E-state index contributed by atoms with van der Waals surface area (Å²) in [6, 6.07) is 6.58. The van der Waals surface area contributed by atoms with Gasteiger partial charge in [0.25, 0.3) is 0 Å². The monoisotopic (exact) mass is 365 g/mol. The van der Waals surface area contributed by atoms with E-state index in [4.69, 9.17) is 11.6 Å². The fourth-order valence-electron chi connectivity index (χ4n) is 2.83. The second kappa shape index (κ2) is 7.41. The molecule has 1 N–H and O–H groups in total. The molecular weight excluding hydrogens is 345 g/mol. The van der Waals surface area contributed by atoms with Crippen LogP contribution in [0.15, 0.2) is 24.3 Å². The Balaban J connectivity index is 1.64. The van der Waals surface area contributed by atoms with Crippen LogP contribution in [0.25, 0.3) is 0 Å². The summed E-state index contributed by atoms with van der Waals surface area (Å²) in [6.45, 7) is 3.00. The van der Waals surface area contributed by atoms with E-state index in [2.05, 4.69) is 15.3 Å². The van der Waals surface area contributed by atoms with E-state index in [0.29, 0.717) is 30.2 Å². The minimum atomic E-state index is -0.279. The van der Waals surface area contributed by atoms with Crippen molar-refractivity contribution in [1.82, 2.24) is 24.9 Å². The van der Waals surface area contributed by atoms with Crippen molar-refractivity contribution < 1.29 is 9.18 Å². The van der Waals surface area contributed by atoms with Crippen LogP contribution in [0, 0.1) is 5.82 Å². The number of rotatable bonds is 4. The molecule has 3 rings (SSSR count). The van der Waals surface area contributed by atoms with Crippen LogP contribution in [-0.4, -0.2) is 46.3 Å². The van der Waals surface area contributed by atoms with Gasteiger partial charge in [-0.1, -0.05) is 17.7 Å². The lowest BCUT2D eigenvalue weighted by Crippen LogP contribution is -2.34. The first kappa shape index (κ1) is 17.7. The van der Waals surface area contributed by atoms with Crippen molar-refractivity contribution >= 4 is 17.6 Å². The second-order valence-electron chi connectivity index (χ2n) is 6.31. The first-order valence-electron chi connectivity index (χ1n) is 8.10. The Kier molecular flexibility index (Phi) is 5.24. The van der Waals surface area contributed by atoms with Gasteiger partial charge in [0.05, 0.1) is 24.5 Å². The maximum Gasteiger partial charge on any atom is 0.317 e. The number of halogens is 2. The molecule has 25 heavy (non-hydrogen) atoms. The number of nitrogens with zero attached hydrogens (tertiary/aromatic N) is 4. The molecule has 2 amide bonds. The van der Waals surface area contributed by atoms with Gasteiger partial charge in [-0.15, -0.1) is 0 Å². The molecule has 8 heteroatoms. The van der Waals surface area contributed by atoms with E-state index in [1.807, 2.05) is 10.7 Å². The maximum atomic E-state index is 14.0. The molecule has 0 atom stereocenters. The zero-order valence-corrected chi connectivity index (χ0v) is 15.1. The van der Waals surface area contributed by atoms with E-state index in [9.17, 15) is 9.18 Å². The second-order valence-corrected chi connectivity index (χ2v) is 6.72. The van der Waals surface area contributed by atoms with E-state index in [1.165, 1.54) is 11.0 Å². The van der Waals surface area contributed by atoms with Crippen molar-refractivity contribution in [3.8, 4) is 0 Å². The lowest BCUT2D eigenvalue weighted by molar-refractivity contribution is 0.202. The number of hydrogen-bond donors (Lipinski definition) is 1.